The number of halogens is 1. The third-order valence-corrected chi connectivity index (χ3v) is 5.65. The van der Waals surface area contributed by atoms with Crippen LogP contribution in [0.1, 0.15) is 25.7 Å². The Hall–Kier alpha value is -1.87. The molecule has 140 valence electrons. The Morgan fingerprint density at radius 2 is 1.76 bits per heavy atom. The first-order valence-electron chi connectivity index (χ1n) is 8.08. The quantitative estimate of drug-likeness (QED) is 0.672. The van der Waals surface area contributed by atoms with Crippen LogP contribution < -0.4 is 19.5 Å². The van der Waals surface area contributed by atoms with E-state index in [9.17, 15) is 17.6 Å². The van der Waals surface area contributed by atoms with E-state index in [-0.39, 0.29) is 36.4 Å². The molecule has 1 aliphatic rings. The van der Waals surface area contributed by atoms with Gasteiger partial charge in [-0.2, -0.15) is 0 Å². The van der Waals surface area contributed by atoms with Crippen LogP contribution in [-0.2, 0) is 14.8 Å². The minimum Gasteiger partial charge on any atom is -0.493 e. The van der Waals surface area contributed by atoms with Crippen LogP contribution in [0.5, 0.6) is 11.5 Å². The van der Waals surface area contributed by atoms with Crippen LogP contribution in [0.3, 0.4) is 0 Å². The van der Waals surface area contributed by atoms with Gasteiger partial charge in [-0.05, 0) is 12.8 Å². The molecule has 0 aliphatic heterocycles. The monoisotopic (exact) mass is 374 g/mol. The summed E-state index contributed by atoms with van der Waals surface area (Å²) in [6.45, 7) is 0.109. The molecule has 25 heavy (non-hydrogen) atoms. The molecule has 0 unspecified atom stereocenters. The van der Waals surface area contributed by atoms with E-state index in [1.54, 1.807) is 0 Å². The highest BCUT2D eigenvalue weighted by atomic mass is 32.2. The number of ether oxygens (including phenoxy) is 2. The van der Waals surface area contributed by atoms with Gasteiger partial charge in [-0.25, -0.2) is 17.5 Å². The molecule has 1 aliphatic carbocycles. The van der Waals surface area contributed by atoms with E-state index in [1.165, 1.54) is 14.2 Å². The fourth-order valence-electron chi connectivity index (χ4n) is 2.82. The lowest BCUT2D eigenvalue weighted by Gasteiger charge is -2.13. The summed E-state index contributed by atoms with van der Waals surface area (Å²) in [6, 6.07) is 2.02. The van der Waals surface area contributed by atoms with E-state index < -0.39 is 20.7 Å². The van der Waals surface area contributed by atoms with Crippen LogP contribution in [0, 0.1) is 11.7 Å². The fraction of sp³-hybridized carbons (Fsp3) is 0.562. The Bertz CT molecular complexity index is 717. The van der Waals surface area contributed by atoms with Crippen LogP contribution >= 0.6 is 0 Å². The molecular formula is C16H23FN2O5S. The first kappa shape index (κ1) is 19.5. The number of nitrogens with one attached hydrogen (secondary N) is 2. The summed E-state index contributed by atoms with van der Waals surface area (Å²) in [7, 11) is -1.42. The molecule has 0 aromatic heterocycles. The molecule has 9 heteroatoms. The summed E-state index contributed by atoms with van der Waals surface area (Å²) in [5, 5.41) is 2.70. The van der Waals surface area contributed by atoms with Crippen molar-refractivity contribution in [2.45, 2.75) is 30.6 Å². The number of hydrogen-bond donors (Lipinski definition) is 2. The van der Waals surface area contributed by atoms with Gasteiger partial charge in [0.15, 0.2) is 11.5 Å². The number of carbonyl (C=O) groups is 1. The molecule has 7 nitrogen and oxygen atoms in total. The van der Waals surface area contributed by atoms with Gasteiger partial charge < -0.3 is 14.8 Å². The summed E-state index contributed by atoms with van der Waals surface area (Å²) in [6.07, 6.45) is 3.83. The lowest BCUT2D eigenvalue weighted by molar-refractivity contribution is -0.124. The van der Waals surface area contributed by atoms with Crippen molar-refractivity contribution in [2.24, 2.45) is 5.92 Å². The second kappa shape index (κ2) is 8.48. The van der Waals surface area contributed by atoms with Gasteiger partial charge in [0, 0.05) is 31.1 Å². The van der Waals surface area contributed by atoms with Crippen LogP contribution in [-0.4, -0.2) is 41.6 Å². The van der Waals surface area contributed by atoms with Crippen LogP contribution in [0.25, 0.3) is 0 Å². The van der Waals surface area contributed by atoms with Crippen molar-refractivity contribution in [3.63, 3.8) is 0 Å². The van der Waals surface area contributed by atoms with Crippen LogP contribution in [0.4, 0.5) is 4.39 Å². The SMILES string of the molecule is COc1cc(F)c(S(=O)(=O)NCCNC(=O)C2CCCC2)cc1OC. The Morgan fingerprint density at radius 1 is 1.16 bits per heavy atom. The molecular weight excluding hydrogens is 351 g/mol. The van der Waals surface area contributed by atoms with E-state index in [0.717, 1.165) is 37.8 Å². The van der Waals surface area contributed by atoms with E-state index in [1.807, 2.05) is 0 Å². The number of rotatable bonds is 8. The number of benzene rings is 1. The third-order valence-electron chi connectivity index (χ3n) is 4.17. The summed E-state index contributed by atoms with van der Waals surface area (Å²) >= 11 is 0. The molecule has 1 aromatic carbocycles. The summed E-state index contributed by atoms with van der Waals surface area (Å²) in [5.41, 5.74) is 0. The van der Waals surface area contributed by atoms with Crippen molar-refractivity contribution in [3.8, 4) is 11.5 Å². The largest absolute Gasteiger partial charge is 0.493 e. The fourth-order valence-corrected chi connectivity index (χ4v) is 3.93. The molecule has 0 spiro atoms. The lowest BCUT2D eigenvalue weighted by Crippen LogP contribution is -2.37. The zero-order valence-corrected chi connectivity index (χ0v) is 15.1. The molecule has 1 saturated carbocycles. The number of hydrogen-bond acceptors (Lipinski definition) is 5. The Labute approximate surface area is 146 Å². The molecule has 0 bridgehead atoms. The van der Waals surface area contributed by atoms with Crippen LogP contribution in [0.2, 0.25) is 0 Å². The topological polar surface area (TPSA) is 93.7 Å². The molecule has 0 radical (unpaired) electrons. The second-order valence-corrected chi connectivity index (χ2v) is 7.54. The lowest BCUT2D eigenvalue weighted by atomic mass is 10.1. The first-order valence-corrected chi connectivity index (χ1v) is 9.56. The first-order chi connectivity index (χ1) is 11.9. The second-order valence-electron chi connectivity index (χ2n) is 5.81. The zero-order valence-electron chi connectivity index (χ0n) is 14.3. The van der Waals surface area contributed by atoms with E-state index in [2.05, 4.69) is 10.0 Å². The van der Waals surface area contributed by atoms with Gasteiger partial charge in [0.05, 0.1) is 14.2 Å². The Balaban J connectivity index is 1.96. The maximum absolute atomic E-state index is 14.1. The maximum Gasteiger partial charge on any atom is 0.243 e. The van der Waals surface area contributed by atoms with Gasteiger partial charge in [-0.1, -0.05) is 12.8 Å². The van der Waals surface area contributed by atoms with Gasteiger partial charge in [0.25, 0.3) is 0 Å². The van der Waals surface area contributed by atoms with Crippen molar-refractivity contribution >= 4 is 15.9 Å². The predicted octanol–water partition coefficient (Wildman–Crippen LogP) is 1.43. The van der Waals surface area contributed by atoms with Gasteiger partial charge in [-0.15, -0.1) is 0 Å². The number of carbonyl (C=O) groups excluding carboxylic acids is 1. The molecule has 1 amide bonds. The Kier molecular flexibility index (Phi) is 6.60. The predicted molar refractivity (Wildman–Crippen MR) is 89.7 cm³/mol. The Morgan fingerprint density at radius 3 is 2.36 bits per heavy atom. The minimum atomic E-state index is -4.08. The number of amides is 1. The van der Waals surface area contributed by atoms with Crippen molar-refractivity contribution in [3.05, 3.63) is 17.9 Å². The summed E-state index contributed by atoms with van der Waals surface area (Å²) in [5.74, 6) is -0.782. The van der Waals surface area contributed by atoms with E-state index in [0.29, 0.717) is 0 Å². The average molecular weight is 374 g/mol. The highest BCUT2D eigenvalue weighted by molar-refractivity contribution is 7.89. The van der Waals surface area contributed by atoms with Gasteiger partial charge in [0.1, 0.15) is 10.7 Å². The van der Waals surface area contributed by atoms with Gasteiger partial charge in [0.2, 0.25) is 15.9 Å². The standard InChI is InChI=1S/C16H23FN2O5S/c1-23-13-9-12(17)15(10-14(13)24-2)25(21,22)19-8-7-18-16(20)11-5-3-4-6-11/h9-11,19H,3-8H2,1-2H3,(H,18,20). The summed E-state index contributed by atoms with van der Waals surface area (Å²) < 4.78 is 50.8. The maximum atomic E-state index is 14.1. The smallest absolute Gasteiger partial charge is 0.243 e. The molecule has 2 N–H and O–H groups in total. The van der Waals surface area contributed by atoms with Crippen LogP contribution in [0.15, 0.2) is 17.0 Å². The number of sulfonamides is 1. The molecule has 2 rings (SSSR count). The molecule has 1 aromatic rings. The van der Waals surface area contributed by atoms with E-state index in [4.69, 9.17) is 9.47 Å². The summed E-state index contributed by atoms with van der Waals surface area (Å²) in [4.78, 5) is 11.3. The number of methoxy groups -OCH3 is 2. The molecule has 0 atom stereocenters. The molecule has 1 fully saturated rings. The van der Waals surface area contributed by atoms with Gasteiger partial charge >= 0.3 is 0 Å². The van der Waals surface area contributed by atoms with Crippen molar-refractivity contribution < 1.29 is 27.1 Å². The van der Waals surface area contributed by atoms with E-state index >= 15 is 0 Å². The van der Waals surface area contributed by atoms with Crippen molar-refractivity contribution in [1.82, 2.24) is 10.0 Å². The zero-order chi connectivity index (χ0) is 18.4. The molecule has 0 saturated heterocycles. The van der Waals surface area contributed by atoms with Gasteiger partial charge in [-0.3, -0.25) is 4.79 Å². The van der Waals surface area contributed by atoms with Crippen molar-refractivity contribution in [1.29, 1.82) is 0 Å². The average Bonchev–Trinajstić information content (AvgIpc) is 3.12. The van der Waals surface area contributed by atoms with Crippen molar-refractivity contribution in [2.75, 3.05) is 27.3 Å². The molecule has 0 heterocycles. The normalized spacial score (nSPS) is 15.2. The minimum absolute atomic E-state index is 0.0138. The third kappa shape index (κ3) is 4.82. The highest BCUT2D eigenvalue weighted by Crippen LogP contribution is 2.31. The highest BCUT2D eigenvalue weighted by Gasteiger charge is 2.24.